The number of aromatic amines is 2. The summed E-state index contributed by atoms with van der Waals surface area (Å²) in [5, 5.41) is 37.4. The number of nitrogens with zero attached hydrogens (tertiary/aromatic N) is 6. The van der Waals surface area contributed by atoms with E-state index in [0.29, 0.717) is 0 Å². The van der Waals surface area contributed by atoms with Crippen LogP contribution in [0.15, 0.2) is 122 Å². The van der Waals surface area contributed by atoms with Gasteiger partial charge < -0.3 is 98.3 Å². The van der Waals surface area contributed by atoms with Crippen molar-refractivity contribution in [2.24, 2.45) is 0 Å². The Kier molecular flexibility index (Phi) is 31.1. The van der Waals surface area contributed by atoms with E-state index in [2.05, 4.69) is 175 Å². The summed E-state index contributed by atoms with van der Waals surface area (Å²) in [5.41, 5.74) is 15.7. The Morgan fingerprint density at radius 2 is 0.500 bits per heavy atom. The smallest absolute Gasteiger partial charge is 0.176 e. The van der Waals surface area contributed by atoms with E-state index in [1.807, 2.05) is 0 Å². The normalized spacial score (nSPS) is 11.5. The van der Waals surface area contributed by atoms with E-state index in [9.17, 15) is 20.4 Å². The third kappa shape index (κ3) is 19.5. The zero-order valence-corrected chi connectivity index (χ0v) is 55.0. The average molecular weight is 1400 g/mol. The molecule has 0 atom stereocenters. The largest absolute Gasteiger partial charge is 1.00 e. The highest BCUT2D eigenvalue weighted by atomic mass is 79.9. The van der Waals surface area contributed by atoms with Crippen molar-refractivity contribution in [3.05, 3.63) is 145 Å². The number of aromatic nitrogens is 8. The van der Waals surface area contributed by atoms with Gasteiger partial charge in [0.1, 0.15) is 26.2 Å². The predicted octanol–water partition coefficient (Wildman–Crippen LogP) is 0.261. The Balaban J connectivity index is 0.00000323. The van der Waals surface area contributed by atoms with E-state index in [1.54, 1.807) is 0 Å². The number of aliphatic hydroxyl groups excluding tert-OH is 4. The number of unbranched alkanes of at least 4 members (excludes halogenated alkanes) is 16. The lowest BCUT2D eigenvalue weighted by Crippen LogP contribution is -3.00. The number of aryl methyl sites for hydroxylation is 4. The Hall–Kier alpha value is -5.04. The van der Waals surface area contributed by atoms with Crippen molar-refractivity contribution in [3.8, 4) is 44.5 Å². The minimum atomic E-state index is 0. The van der Waals surface area contributed by atoms with E-state index in [4.69, 9.17) is 9.97 Å². The number of aliphatic hydroxyl groups is 4. The van der Waals surface area contributed by atoms with Crippen LogP contribution in [0.1, 0.15) is 151 Å². The third-order valence-corrected chi connectivity index (χ3v) is 15.6. The summed E-state index contributed by atoms with van der Waals surface area (Å²) in [6.07, 6.45) is 47.2. The fourth-order valence-electron chi connectivity index (χ4n) is 11.4. The van der Waals surface area contributed by atoms with Crippen molar-refractivity contribution < 1.29 is 107 Å². The maximum atomic E-state index is 9.35. The number of pyridine rings is 4. The molecule has 0 aromatic carbocycles. The zero-order valence-electron chi connectivity index (χ0n) is 48.6. The SMILES string of the molecule is OCCCCCCC[n+]1cccc(-c2c3nc(c(-c4ccc[n+](CCCCCCCO)c4)c4ccc([nH]4)c(-c4ccc[n+](CCCCCCCO)c4)c4nc(c(-c5ccc[n+](CCCCCCCO)c5)c5ccc2[nH]5)C=C4)C=C3)c1.[Br-].[Br-].[Br-].[Br-]. The fourth-order valence-corrected chi connectivity index (χ4v) is 11.4. The highest BCUT2D eigenvalue weighted by molar-refractivity contribution is 5.99. The van der Waals surface area contributed by atoms with Gasteiger partial charge in [-0.3, -0.25) is 0 Å². The number of hydrogen-bond donors (Lipinski definition) is 6. The minimum Gasteiger partial charge on any atom is -1.00 e. The van der Waals surface area contributed by atoms with Gasteiger partial charge in [0.2, 0.25) is 0 Å². The Bertz CT molecular complexity index is 2930. The van der Waals surface area contributed by atoms with E-state index >= 15 is 0 Å². The average Bonchev–Trinajstić information content (AvgIpc) is 4.46. The second-order valence-electron chi connectivity index (χ2n) is 21.8. The van der Waals surface area contributed by atoms with Gasteiger partial charge in [0, 0.05) is 143 Å². The first kappa shape index (κ1) is 69.7. The fraction of sp³-hybridized carbons (Fsp3) is 0.412. The van der Waals surface area contributed by atoms with E-state index in [-0.39, 0.29) is 94.4 Å². The number of halogens is 4. The number of hydrogen-bond acceptors (Lipinski definition) is 6. The van der Waals surface area contributed by atoms with Crippen molar-refractivity contribution in [1.82, 2.24) is 19.9 Å². The molecule has 0 saturated carbocycles. The molecule has 12 nitrogen and oxygen atoms in total. The molecular formula is C68H86Br4N8O4. The summed E-state index contributed by atoms with van der Waals surface area (Å²) in [6.45, 7) is 4.59. The van der Waals surface area contributed by atoms with Crippen LogP contribution >= 0.6 is 0 Å². The van der Waals surface area contributed by atoms with Gasteiger partial charge in [0.25, 0.3) is 0 Å². The van der Waals surface area contributed by atoms with Gasteiger partial charge in [0.05, 0.1) is 22.8 Å². The molecule has 8 bridgehead atoms. The molecule has 16 heteroatoms. The molecule has 9 rings (SSSR count). The standard InChI is InChI=1S/C68H86N8O4.4BrH/c77-45-17-9-1-5-13-37-73-41-21-25-53(49-73)65-57-29-31-59(69-57)66(54-26-22-42-74(50-54)38-14-6-2-10-18-46-78)61-33-35-63(71-61)68(56-28-24-44-76(52-56)40-16-8-4-12-20-48-80)64-36-34-62(72-64)67(60-32-30-58(65)70-60)55-27-23-43-75(51-55)39-15-7-3-11-19-47-79;;;;/h21-36,41-44,49-52,69,72,77-80H,1-20,37-40,45-48H2;4*1H/q+4;;;;/p-4. The second-order valence-corrected chi connectivity index (χ2v) is 21.8. The number of H-pyrrole nitrogens is 2. The van der Waals surface area contributed by atoms with Gasteiger partial charge in [-0.25, -0.2) is 28.2 Å². The van der Waals surface area contributed by atoms with Crippen molar-refractivity contribution >= 4 is 46.4 Å². The summed E-state index contributed by atoms with van der Waals surface area (Å²) in [7, 11) is 0. The Morgan fingerprint density at radius 3 is 0.726 bits per heavy atom. The number of nitrogens with one attached hydrogen (secondary N) is 2. The molecule has 7 aromatic heterocycles. The maximum absolute atomic E-state index is 9.35. The monoisotopic (exact) mass is 1390 g/mol. The lowest BCUT2D eigenvalue weighted by Gasteiger charge is -2.07. The zero-order chi connectivity index (χ0) is 55.1. The van der Waals surface area contributed by atoms with Gasteiger partial charge in [-0.15, -0.1) is 0 Å². The summed E-state index contributed by atoms with van der Waals surface area (Å²) in [6, 6.07) is 26.3. The van der Waals surface area contributed by atoms with Crippen molar-refractivity contribution in [3.63, 3.8) is 0 Å². The first-order valence-electron chi connectivity index (χ1n) is 30.1. The highest BCUT2D eigenvalue weighted by Gasteiger charge is 2.22. The molecule has 0 spiro atoms. The lowest BCUT2D eigenvalue weighted by atomic mass is 10.1. The first-order chi connectivity index (χ1) is 39.5. The molecule has 6 N–H and O–H groups in total. The molecule has 0 radical (unpaired) electrons. The van der Waals surface area contributed by atoms with Gasteiger partial charge >= 0.3 is 0 Å². The van der Waals surface area contributed by atoms with Crippen LogP contribution in [0.4, 0.5) is 0 Å². The van der Waals surface area contributed by atoms with Crippen molar-refractivity contribution in [2.75, 3.05) is 26.4 Å². The summed E-state index contributed by atoms with van der Waals surface area (Å²) < 4.78 is 9.22. The van der Waals surface area contributed by atoms with Crippen LogP contribution in [0.5, 0.6) is 0 Å². The molecule has 0 unspecified atom stereocenters. The lowest BCUT2D eigenvalue weighted by molar-refractivity contribution is -0.697. The highest BCUT2D eigenvalue weighted by Crippen LogP contribution is 2.38. The first-order valence-corrected chi connectivity index (χ1v) is 30.1. The summed E-state index contributed by atoms with van der Waals surface area (Å²) in [5.74, 6) is 0. The minimum absolute atomic E-state index is 0. The van der Waals surface area contributed by atoms with E-state index < -0.39 is 0 Å². The molecule has 9 heterocycles. The van der Waals surface area contributed by atoms with E-state index in [1.165, 1.54) is 0 Å². The molecule has 0 saturated heterocycles. The maximum Gasteiger partial charge on any atom is 0.176 e. The molecule has 2 aliphatic heterocycles. The molecule has 0 aliphatic carbocycles. The van der Waals surface area contributed by atoms with E-state index in [0.717, 1.165) is 244 Å². The molecule has 0 amide bonds. The summed E-state index contributed by atoms with van der Waals surface area (Å²) >= 11 is 0. The molecule has 450 valence electrons. The van der Waals surface area contributed by atoms with Crippen LogP contribution in [0.25, 0.3) is 90.9 Å². The van der Waals surface area contributed by atoms with Crippen LogP contribution in [0.2, 0.25) is 0 Å². The topological polar surface area (TPSA) is 154 Å². The van der Waals surface area contributed by atoms with Crippen LogP contribution in [0.3, 0.4) is 0 Å². The molecule has 7 aromatic rings. The second kappa shape index (κ2) is 37.5. The number of fused-ring (bicyclic) bond motifs is 8. The van der Waals surface area contributed by atoms with Gasteiger partial charge in [-0.05, 0) is 124 Å². The molecule has 84 heavy (non-hydrogen) atoms. The van der Waals surface area contributed by atoms with Gasteiger partial charge in [-0.1, -0.05) is 51.4 Å². The Labute approximate surface area is 539 Å². The predicted molar refractivity (Wildman–Crippen MR) is 322 cm³/mol. The van der Waals surface area contributed by atoms with Crippen LogP contribution in [0, 0.1) is 0 Å². The van der Waals surface area contributed by atoms with Crippen LogP contribution in [-0.4, -0.2) is 66.8 Å². The quantitative estimate of drug-likeness (QED) is 0.0263. The molecule has 2 aliphatic rings. The summed E-state index contributed by atoms with van der Waals surface area (Å²) in [4.78, 5) is 19.3. The number of rotatable bonds is 32. The Morgan fingerprint density at radius 1 is 0.286 bits per heavy atom. The van der Waals surface area contributed by atoms with Gasteiger partial charge in [0.15, 0.2) is 49.6 Å². The molecule has 0 fully saturated rings. The third-order valence-electron chi connectivity index (χ3n) is 15.6. The molecular weight excluding hydrogens is 1310 g/mol. The van der Waals surface area contributed by atoms with Crippen molar-refractivity contribution in [1.29, 1.82) is 0 Å². The van der Waals surface area contributed by atoms with Crippen LogP contribution < -0.4 is 86.2 Å². The van der Waals surface area contributed by atoms with Crippen LogP contribution in [-0.2, 0) is 26.2 Å². The van der Waals surface area contributed by atoms with Gasteiger partial charge in [-0.2, -0.15) is 0 Å². The van der Waals surface area contributed by atoms with Crippen molar-refractivity contribution in [2.45, 2.75) is 155 Å².